The molecular formula is C21H28N6O9. The lowest BCUT2D eigenvalue weighted by atomic mass is 10.0. The van der Waals surface area contributed by atoms with Crippen molar-refractivity contribution in [3.05, 3.63) is 35.9 Å². The Morgan fingerprint density at radius 3 is 1.69 bits per heavy atom. The molecule has 4 atom stereocenters. The first-order valence-electron chi connectivity index (χ1n) is 10.5. The number of nitrogens with one attached hydrogen (secondary N) is 3. The van der Waals surface area contributed by atoms with Gasteiger partial charge in [-0.1, -0.05) is 30.3 Å². The molecule has 15 heteroatoms. The topological polar surface area (TPSA) is 274 Å². The van der Waals surface area contributed by atoms with E-state index in [9.17, 15) is 33.6 Å². The Bertz CT molecular complexity index is 1000. The van der Waals surface area contributed by atoms with Crippen molar-refractivity contribution in [3.8, 4) is 0 Å². The average molecular weight is 508 g/mol. The first-order chi connectivity index (χ1) is 16.8. The molecule has 196 valence electrons. The van der Waals surface area contributed by atoms with E-state index in [1.807, 2.05) is 5.32 Å². The van der Waals surface area contributed by atoms with Crippen LogP contribution in [0.15, 0.2) is 30.3 Å². The molecule has 0 radical (unpaired) electrons. The Morgan fingerprint density at radius 2 is 1.19 bits per heavy atom. The lowest BCUT2D eigenvalue weighted by Crippen LogP contribution is -2.58. The molecule has 0 heterocycles. The molecule has 0 aliphatic heterocycles. The summed E-state index contributed by atoms with van der Waals surface area (Å²) in [5, 5.41) is 24.5. The van der Waals surface area contributed by atoms with Gasteiger partial charge in [-0.25, -0.2) is 4.79 Å². The van der Waals surface area contributed by atoms with E-state index in [1.54, 1.807) is 30.3 Å². The maximum atomic E-state index is 13.0. The van der Waals surface area contributed by atoms with Gasteiger partial charge in [-0.3, -0.25) is 28.8 Å². The Morgan fingerprint density at radius 1 is 0.694 bits per heavy atom. The fraction of sp³-hybridized carbons (Fsp3) is 0.381. The van der Waals surface area contributed by atoms with Gasteiger partial charge < -0.3 is 43.4 Å². The fourth-order valence-electron chi connectivity index (χ4n) is 2.98. The van der Waals surface area contributed by atoms with Crippen LogP contribution < -0.4 is 33.2 Å². The molecule has 0 bridgehead atoms. The molecule has 0 aliphatic carbocycles. The van der Waals surface area contributed by atoms with E-state index in [1.165, 1.54) is 0 Å². The van der Waals surface area contributed by atoms with Crippen LogP contribution in [0.1, 0.15) is 24.8 Å². The molecule has 11 N–H and O–H groups in total. The number of carbonyl (C=O) groups excluding carboxylic acids is 5. The Labute approximate surface area is 204 Å². The van der Waals surface area contributed by atoms with E-state index >= 15 is 0 Å². The summed E-state index contributed by atoms with van der Waals surface area (Å²) < 4.78 is 0. The van der Waals surface area contributed by atoms with E-state index in [2.05, 4.69) is 10.6 Å². The maximum absolute atomic E-state index is 13.0. The smallest absolute Gasteiger partial charge is 0.326 e. The lowest BCUT2D eigenvalue weighted by molar-refractivity contribution is -0.147. The predicted octanol–water partition coefficient (Wildman–Crippen LogP) is -3.68. The third-order valence-electron chi connectivity index (χ3n) is 4.71. The Balaban J connectivity index is 3.13. The van der Waals surface area contributed by atoms with Gasteiger partial charge in [-0.2, -0.15) is 0 Å². The van der Waals surface area contributed by atoms with Gasteiger partial charge in [-0.05, 0) is 5.56 Å². The van der Waals surface area contributed by atoms with E-state index in [0.717, 1.165) is 0 Å². The number of hydrogen-bond donors (Lipinski definition) is 8. The summed E-state index contributed by atoms with van der Waals surface area (Å²) in [7, 11) is 0. The zero-order chi connectivity index (χ0) is 27.4. The highest BCUT2D eigenvalue weighted by atomic mass is 16.4. The van der Waals surface area contributed by atoms with Crippen molar-refractivity contribution in [3.63, 3.8) is 0 Å². The zero-order valence-corrected chi connectivity index (χ0v) is 19.0. The number of nitrogens with two attached hydrogens (primary N) is 3. The normalized spacial score (nSPS) is 13.8. The first kappa shape index (κ1) is 29.5. The zero-order valence-electron chi connectivity index (χ0n) is 19.0. The van der Waals surface area contributed by atoms with Crippen LogP contribution in [-0.4, -0.2) is 75.9 Å². The summed E-state index contributed by atoms with van der Waals surface area (Å²) in [5.74, 6) is -8.12. The number of hydrogen-bond acceptors (Lipinski definition) is 8. The molecule has 0 aliphatic rings. The fourth-order valence-corrected chi connectivity index (χ4v) is 2.98. The minimum atomic E-state index is -1.85. The van der Waals surface area contributed by atoms with Crippen molar-refractivity contribution < 1.29 is 43.8 Å². The van der Waals surface area contributed by atoms with Crippen LogP contribution in [0.5, 0.6) is 0 Å². The highest BCUT2D eigenvalue weighted by Crippen LogP contribution is 2.06. The first-order valence-corrected chi connectivity index (χ1v) is 10.5. The SMILES string of the molecule is NC(=O)CC(N)C(=O)NC(Cc1ccccc1)C(=O)NC(CC(N)=O)C(=O)NC(CC(=O)O)C(=O)O. The van der Waals surface area contributed by atoms with Crippen molar-refractivity contribution in [2.45, 2.75) is 49.9 Å². The number of aliphatic carboxylic acids is 2. The van der Waals surface area contributed by atoms with Crippen molar-refractivity contribution in [2.75, 3.05) is 0 Å². The standard InChI is InChI=1S/C21H28N6O9/c22-11(7-15(23)28)18(32)25-12(6-10-4-2-1-3-5-10)19(33)26-13(8-16(24)29)20(34)27-14(21(35)36)9-17(30)31/h1-5,11-14H,6-9,22H2,(H2,23,28)(H2,24,29)(H,25,32)(H,26,33)(H,27,34)(H,30,31)(H,35,36). The Kier molecular flexibility index (Phi) is 11.5. The van der Waals surface area contributed by atoms with E-state index in [-0.39, 0.29) is 6.42 Å². The molecule has 0 saturated carbocycles. The maximum Gasteiger partial charge on any atom is 0.326 e. The van der Waals surface area contributed by atoms with Gasteiger partial charge in [0.2, 0.25) is 29.5 Å². The summed E-state index contributed by atoms with van der Waals surface area (Å²) in [4.78, 5) is 82.7. The molecule has 5 amide bonds. The molecule has 0 spiro atoms. The largest absolute Gasteiger partial charge is 0.481 e. The summed E-state index contributed by atoms with van der Waals surface area (Å²) in [6, 6.07) is 2.07. The van der Waals surface area contributed by atoms with Crippen LogP contribution in [0.2, 0.25) is 0 Å². The Hall–Kier alpha value is -4.53. The third kappa shape index (κ3) is 10.6. The molecule has 15 nitrogen and oxygen atoms in total. The number of amides is 5. The van der Waals surface area contributed by atoms with Gasteiger partial charge in [0.15, 0.2) is 0 Å². The average Bonchev–Trinajstić information content (AvgIpc) is 2.77. The van der Waals surface area contributed by atoms with Crippen LogP contribution in [0.3, 0.4) is 0 Å². The van der Waals surface area contributed by atoms with E-state index < -0.39 is 84.9 Å². The molecule has 36 heavy (non-hydrogen) atoms. The molecule has 0 aromatic heterocycles. The molecule has 1 rings (SSSR count). The molecule has 4 unspecified atom stereocenters. The highest BCUT2D eigenvalue weighted by Gasteiger charge is 2.32. The monoisotopic (exact) mass is 508 g/mol. The van der Waals surface area contributed by atoms with Crippen LogP contribution in [-0.2, 0) is 40.0 Å². The lowest BCUT2D eigenvalue weighted by Gasteiger charge is -2.24. The van der Waals surface area contributed by atoms with Crippen LogP contribution in [0.4, 0.5) is 0 Å². The second kappa shape index (κ2) is 14.0. The number of carboxylic acids is 2. The van der Waals surface area contributed by atoms with Gasteiger partial charge in [0, 0.05) is 6.42 Å². The van der Waals surface area contributed by atoms with Crippen molar-refractivity contribution in [1.82, 2.24) is 16.0 Å². The molecular weight excluding hydrogens is 480 g/mol. The number of rotatable bonds is 15. The molecule has 1 aromatic rings. The number of carboxylic acid groups (broad SMARTS) is 2. The summed E-state index contributed by atoms with van der Waals surface area (Å²) >= 11 is 0. The quantitative estimate of drug-likeness (QED) is 0.115. The summed E-state index contributed by atoms with van der Waals surface area (Å²) in [6.45, 7) is 0. The van der Waals surface area contributed by atoms with Gasteiger partial charge in [0.25, 0.3) is 0 Å². The second-order valence-corrected chi connectivity index (χ2v) is 7.76. The number of primary amides is 2. The molecule has 0 fully saturated rings. The number of benzene rings is 1. The van der Waals surface area contributed by atoms with Gasteiger partial charge in [0.05, 0.1) is 25.3 Å². The molecule has 1 aromatic carbocycles. The predicted molar refractivity (Wildman–Crippen MR) is 121 cm³/mol. The second-order valence-electron chi connectivity index (χ2n) is 7.76. The van der Waals surface area contributed by atoms with E-state index in [4.69, 9.17) is 27.4 Å². The highest BCUT2D eigenvalue weighted by molar-refractivity contribution is 5.97. The summed E-state index contributed by atoms with van der Waals surface area (Å²) in [5.41, 5.74) is 16.4. The van der Waals surface area contributed by atoms with Crippen LogP contribution >= 0.6 is 0 Å². The van der Waals surface area contributed by atoms with Gasteiger partial charge in [0.1, 0.15) is 18.1 Å². The minimum Gasteiger partial charge on any atom is -0.481 e. The van der Waals surface area contributed by atoms with Crippen molar-refractivity contribution >= 4 is 41.5 Å². The van der Waals surface area contributed by atoms with Gasteiger partial charge in [-0.15, -0.1) is 0 Å². The van der Waals surface area contributed by atoms with Crippen LogP contribution in [0.25, 0.3) is 0 Å². The van der Waals surface area contributed by atoms with Crippen LogP contribution in [0, 0.1) is 0 Å². The van der Waals surface area contributed by atoms with Crippen molar-refractivity contribution in [1.29, 1.82) is 0 Å². The number of carbonyl (C=O) groups is 7. The van der Waals surface area contributed by atoms with Gasteiger partial charge >= 0.3 is 11.9 Å². The molecule has 0 saturated heterocycles. The van der Waals surface area contributed by atoms with E-state index in [0.29, 0.717) is 5.56 Å². The third-order valence-corrected chi connectivity index (χ3v) is 4.71. The summed E-state index contributed by atoms with van der Waals surface area (Å²) in [6.07, 6.45) is -2.32. The van der Waals surface area contributed by atoms with Crippen molar-refractivity contribution in [2.24, 2.45) is 17.2 Å². The minimum absolute atomic E-state index is 0.0939.